The summed E-state index contributed by atoms with van der Waals surface area (Å²) in [5, 5.41) is -0.349. The number of hydrogen-bond donors (Lipinski definition) is 0. The van der Waals surface area contributed by atoms with Crippen molar-refractivity contribution >= 4 is 48.9 Å². The minimum atomic E-state index is -4.12. The van der Waals surface area contributed by atoms with Crippen LogP contribution in [0.15, 0.2) is 17.0 Å². The number of carbonyl (C=O) groups is 1. The van der Waals surface area contributed by atoms with Crippen molar-refractivity contribution < 1.29 is 22.7 Å². The van der Waals surface area contributed by atoms with Crippen LogP contribution in [0.5, 0.6) is 0 Å². The number of halogens is 3. The summed E-state index contributed by atoms with van der Waals surface area (Å²) in [5.41, 5.74) is -0.0601. The summed E-state index contributed by atoms with van der Waals surface area (Å²) in [6, 6.07) is 2.22. The first-order valence-corrected chi connectivity index (χ1v) is 8.52. The molecule has 0 aliphatic carbocycles. The summed E-state index contributed by atoms with van der Waals surface area (Å²) in [6.45, 7) is 2.58. The van der Waals surface area contributed by atoms with Crippen molar-refractivity contribution in [2.75, 3.05) is 19.8 Å². The van der Waals surface area contributed by atoms with Gasteiger partial charge in [-0.1, -0.05) is 23.2 Å². The van der Waals surface area contributed by atoms with Gasteiger partial charge in [-0.3, -0.25) is 0 Å². The van der Waals surface area contributed by atoms with Crippen LogP contribution in [0.1, 0.15) is 17.3 Å². The molecule has 0 aliphatic heterocycles. The highest BCUT2D eigenvalue weighted by Crippen LogP contribution is 2.32. The lowest BCUT2D eigenvalue weighted by Gasteiger charge is -2.08. The van der Waals surface area contributed by atoms with E-state index in [1.165, 1.54) is 6.07 Å². The van der Waals surface area contributed by atoms with Crippen LogP contribution in [0.4, 0.5) is 0 Å². The zero-order valence-corrected chi connectivity index (χ0v) is 13.4. The topological polar surface area (TPSA) is 69.7 Å². The predicted octanol–water partition coefficient (Wildman–Crippen LogP) is 3.11. The fourth-order valence-electron chi connectivity index (χ4n) is 1.28. The maximum Gasteiger partial charge on any atom is 0.338 e. The second-order valence-corrected chi connectivity index (χ2v) is 6.86. The number of benzene rings is 1. The molecule has 0 spiro atoms. The molecule has 0 N–H and O–H groups in total. The predicted molar refractivity (Wildman–Crippen MR) is 76.3 cm³/mol. The largest absolute Gasteiger partial charge is 0.460 e. The standard InChI is InChI=1S/C11H11Cl3O5S/c1-2-18-3-4-19-11(15)7-5-8(12)10(13)9(6-7)20(14,16)17/h5-6H,2-4H2,1H3. The van der Waals surface area contributed by atoms with Gasteiger partial charge >= 0.3 is 5.97 Å². The van der Waals surface area contributed by atoms with Crippen LogP contribution in [0, 0.1) is 0 Å². The number of ether oxygens (including phenoxy) is 2. The van der Waals surface area contributed by atoms with E-state index in [9.17, 15) is 13.2 Å². The maximum absolute atomic E-state index is 11.7. The van der Waals surface area contributed by atoms with E-state index in [-0.39, 0.29) is 28.8 Å². The highest BCUT2D eigenvalue weighted by Gasteiger charge is 2.21. The van der Waals surface area contributed by atoms with Gasteiger partial charge in [-0.15, -0.1) is 0 Å². The highest BCUT2D eigenvalue weighted by atomic mass is 35.7. The second-order valence-electron chi connectivity index (χ2n) is 3.54. The van der Waals surface area contributed by atoms with Gasteiger partial charge in [-0.25, -0.2) is 13.2 Å². The molecule has 0 atom stereocenters. The lowest BCUT2D eigenvalue weighted by molar-refractivity contribution is 0.0335. The second kappa shape index (κ2) is 7.47. The minimum absolute atomic E-state index is 0.0376. The first-order valence-electron chi connectivity index (χ1n) is 5.46. The van der Waals surface area contributed by atoms with Gasteiger partial charge in [0.1, 0.15) is 11.5 Å². The van der Waals surface area contributed by atoms with Crippen molar-refractivity contribution in [2.45, 2.75) is 11.8 Å². The monoisotopic (exact) mass is 360 g/mol. The summed E-state index contributed by atoms with van der Waals surface area (Å²) in [6.07, 6.45) is 0. The third-order valence-corrected chi connectivity index (χ3v) is 4.42. The van der Waals surface area contributed by atoms with E-state index in [4.69, 9.17) is 43.4 Å². The maximum atomic E-state index is 11.7. The molecule has 112 valence electrons. The van der Waals surface area contributed by atoms with Crippen LogP contribution in [0.25, 0.3) is 0 Å². The van der Waals surface area contributed by atoms with Gasteiger partial charge in [0.05, 0.1) is 22.2 Å². The molecular weight excluding hydrogens is 351 g/mol. The lowest BCUT2D eigenvalue weighted by Crippen LogP contribution is -2.11. The Morgan fingerprint density at radius 3 is 2.45 bits per heavy atom. The summed E-state index contributed by atoms with van der Waals surface area (Å²) >= 11 is 11.5. The van der Waals surface area contributed by atoms with Crippen LogP contribution >= 0.6 is 33.9 Å². The molecule has 0 aromatic heterocycles. The third-order valence-electron chi connectivity index (χ3n) is 2.16. The Morgan fingerprint density at radius 2 is 1.90 bits per heavy atom. The van der Waals surface area contributed by atoms with Crippen LogP contribution in [0.3, 0.4) is 0 Å². The average Bonchev–Trinajstić information content (AvgIpc) is 2.36. The molecule has 0 radical (unpaired) electrons. The van der Waals surface area contributed by atoms with Gasteiger partial charge in [-0.2, -0.15) is 0 Å². The Labute approximate surface area is 131 Å². The molecular formula is C11H11Cl3O5S. The van der Waals surface area contributed by atoms with Gasteiger partial charge in [0, 0.05) is 17.3 Å². The Morgan fingerprint density at radius 1 is 1.25 bits per heavy atom. The van der Waals surface area contributed by atoms with E-state index in [1.807, 2.05) is 0 Å². The molecule has 9 heteroatoms. The summed E-state index contributed by atoms with van der Waals surface area (Å²) in [4.78, 5) is 11.3. The smallest absolute Gasteiger partial charge is 0.338 e. The van der Waals surface area contributed by atoms with Crippen LogP contribution in [0.2, 0.25) is 10.0 Å². The first-order chi connectivity index (χ1) is 9.27. The van der Waals surface area contributed by atoms with E-state index >= 15 is 0 Å². The zero-order chi connectivity index (χ0) is 15.3. The van der Waals surface area contributed by atoms with Crippen LogP contribution in [-0.4, -0.2) is 34.2 Å². The van der Waals surface area contributed by atoms with Gasteiger partial charge < -0.3 is 9.47 Å². The molecule has 0 bridgehead atoms. The number of hydrogen-bond acceptors (Lipinski definition) is 5. The SMILES string of the molecule is CCOCCOC(=O)c1cc(Cl)c(Cl)c(S(=O)(=O)Cl)c1. The minimum Gasteiger partial charge on any atom is -0.460 e. The van der Waals surface area contributed by atoms with E-state index in [0.717, 1.165) is 6.07 Å². The molecule has 0 saturated carbocycles. The quantitative estimate of drug-likeness (QED) is 0.442. The molecule has 0 heterocycles. The van der Waals surface area contributed by atoms with Crippen molar-refractivity contribution in [3.05, 3.63) is 27.7 Å². The molecule has 0 unspecified atom stereocenters. The number of rotatable bonds is 6. The summed E-state index contributed by atoms with van der Waals surface area (Å²) < 4.78 is 32.5. The zero-order valence-electron chi connectivity index (χ0n) is 10.4. The third kappa shape index (κ3) is 4.79. The molecule has 0 saturated heterocycles. The van der Waals surface area contributed by atoms with Crippen LogP contribution < -0.4 is 0 Å². The van der Waals surface area contributed by atoms with Crippen molar-refractivity contribution in [1.82, 2.24) is 0 Å². The summed E-state index contributed by atoms with van der Waals surface area (Å²) in [5.74, 6) is -0.746. The van der Waals surface area contributed by atoms with Gasteiger partial charge in [0.25, 0.3) is 9.05 Å². The van der Waals surface area contributed by atoms with E-state index < -0.39 is 19.9 Å². The van der Waals surface area contributed by atoms with Gasteiger partial charge in [0.2, 0.25) is 0 Å². The van der Waals surface area contributed by atoms with Gasteiger partial charge in [-0.05, 0) is 19.1 Å². The highest BCUT2D eigenvalue weighted by molar-refractivity contribution is 8.13. The molecule has 0 amide bonds. The number of carbonyl (C=O) groups excluding carboxylic acids is 1. The molecule has 1 aromatic carbocycles. The van der Waals surface area contributed by atoms with Crippen LogP contribution in [-0.2, 0) is 18.5 Å². The number of esters is 1. The average molecular weight is 362 g/mol. The molecule has 1 aromatic rings. The molecule has 0 fully saturated rings. The Kier molecular flexibility index (Phi) is 6.54. The Hall–Kier alpha value is -0.530. The molecule has 0 aliphatic rings. The first kappa shape index (κ1) is 17.5. The van der Waals surface area contributed by atoms with Crippen molar-refractivity contribution in [3.8, 4) is 0 Å². The fraction of sp³-hybridized carbons (Fsp3) is 0.364. The van der Waals surface area contributed by atoms with Crippen molar-refractivity contribution in [2.24, 2.45) is 0 Å². The fourth-order valence-corrected chi connectivity index (χ4v) is 3.04. The lowest BCUT2D eigenvalue weighted by atomic mass is 10.2. The molecule has 20 heavy (non-hydrogen) atoms. The van der Waals surface area contributed by atoms with E-state index in [1.54, 1.807) is 6.92 Å². The van der Waals surface area contributed by atoms with Gasteiger partial charge in [0.15, 0.2) is 0 Å². The molecule has 1 rings (SSSR count). The Bertz CT molecular complexity index is 600. The summed E-state index contributed by atoms with van der Waals surface area (Å²) in [7, 11) is 1.10. The van der Waals surface area contributed by atoms with Crippen molar-refractivity contribution in [1.29, 1.82) is 0 Å². The van der Waals surface area contributed by atoms with Crippen molar-refractivity contribution in [3.63, 3.8) is 0 Å². The van der Waals surface area contributed by atoms with E-state index in [2.05, 4.69) is 0 Å². The molecule has 5 nitrogen and oxygen atoms in total. The Balaban J connectivity index is 2.97. The van der Waals surface area contributed by atoms with E-state index in [0.29, 0.717) is 6.61 Å². The normalized spacial score (nSPS) is 11.4.